The summed E-state index contributed by atoms with van der Waals surface area (Å²) in [5, 5.41) is 0. The van der Waals surface area contributed by atoms with Gasteiger partial charge < -0.3 is 10.5 Å². The van der Waals surface area contributed by atoms with Crippen LogP contribution in [0.2, 0.25) is 0 Å². The molecule has 0 amide bonds. The number of nitrogens with two attached hydrogens (primary N) is 1. The Morgan fingerprint density at radius 1 is 1.30 bits per heavy atom. The van der Waals surface area contributed by atoms with Gasteiger partial charge in [-0.05, 0) is 55.7 Å². The third-order valence-corrected chi connectivity index (χ3v) is 5.58. The maximum absolute atomic E-state index is 6.10. The average molecular weight is 272 g/mol. The Hall–Kier alpha value is -1.06. The van der Waals surface area contributed by atoms with Crippen LogP contribution in [0.25, 0.3) is 0 Å². The minimum atomic E-state index is 0.249. The number of anilines is 1. The first kappa shape index (κ1) is 12.7. The van der Waals surface area contributed by atoms with Gasteiger partial charge in [-0.3, -0.25) is 4.90 Å². The van der Waals surface area contributed by atoms with E-state index in [4.69, 9.17) is 10.5 Å². The summed E-state index contributed by atoms with van der Waals surface area (Å²) in [4.78, 5) is 2.67. The Kier molecular flexibility index (Phi) is 3.00. The molecule has 1 aromatic carbocycles. The van der Waals surface area contributed by atoms with Crippen molar-refractivity contribution in [3.8, 4) is 0 Å². The van der Waals surface area contributed by atoms with E-state index in [9.17, 15) is 0 Å². The van der Waals surface area contributed by atoms with Gasteiger partial charge in [0.2, 0.25) is 0 Å². The molecule has 0 bridgehead atoms. The highest BCUT2D eigenvalue weighted by molar-refractivity contribution is 5.51. The van der Waals surface area contributed by atoms with Gasteiger partial charge in [-0.15, -0.1) is 0 Å². The predicted molar refractivity (Wildman–Crippen MR) is 80.5 cm³/mol. The summed E-state index contributed by atoms with van der Waals surface area (Å²) in [6.07, 6.45) is 7.45. The Labute approximate surface area is 121 Å². The van der Waals surface area contributed by atoms with Crippen molar-refractivity contribution < 1.29 is 4.74 Å². The quantitative estimate of drug-likeness (QED) is 0.799. The first-order chi connectivity index (χ1) is 9.76. The van der Waals surface area contributed by atoms with Gasteiger partial charge in [-0.25, -0.2) is 0 Å². The highest BCUT2D eigenvalue weighted by Crippen LogP contribution is 2.44. The van der Waals surface area contributed by atoms with E-state index in [1.54, 1.807) is 0 Å². The lowest BCUT2D eigenvalue weighted by Crippen LogP contribution is -2.52. The summed E-state index contributed by atoms with van der Waals surface area (Å²) >= 11 is 0. The summed E-state index contributed by atoms with van der Waals surface area (Å²) in [6.45, 7) is 3.17. The molecule has 0 radical (unpaired) electrons. The number of ether oxygens (including phenoxy) is 1. The van der Waals surface area contributed by atoms with Gasteiger partial charge in [0.15, 0.2) is 0 Å². The lowest BCUT2D eigenvalue weighted by molar-refractivity contribution is -0.149. The summed E-state index contributed by atoms with van der Waals surface area (Å²) in [5.41, 5.74) is 10.1. The zero-order chi connectivity index (χ0) is 13.6. The van der Waals surface area contributed by atoms with E-state index in [-0.39, 0.29) is 5.60 Å². The molecule has 1 unspecified atom stereocenters. The second-order valence-electron chi connectivity index (χ2n) is 6.74. The maximum atomic E-state index is 6.10. The average Bonchev–Trinajstić information content (AvgIpc) is 2.46. The number of fused-ring (bicyclic) bond motifs is 1. The molecule has 1 aliphatic carbocycles. The molecular weight excluding hydrogens is 248 g/mol. The second kappa shape index (κ2) is 4.74. The Morgan fingerprint density at radius 3 is 3.00 bits per heavy atom. The second-order valence-corrected chi connectivity index (χ2v) is 6.74. The number of nitrogen functional groups attached to an aromatic ring is 1. The van der Waals surface area contributed by atoms with Crippen LogP contribution in [0.3, 0.4) is 0 Å². The van der Waals surface area contributed by atoms with Crippen molar-refractivity contribution >= 4 is 5.69 Å². The first-order valence-corrected chi connectivity index (χ1v) is 8.00. The highest BCUT2D eigenvalue weighted by Gasteiger charge is 2.44. The van der Waals surface area contributed by atoms with Gasteiger partial charge in [-0.2, -0.15) is 0 Å². The molecule has 3 nitrogen and oxygen atoms in total. The number of hydrogen-bond acceptors (Lipinski definition) is 3. The smallest absolute Gasteiger partial charge is 0.0697 e. The van der Waals surface area contributed by atoms with Crippen LogP contribution in [0.1, 0.15) is 43.2 Å². The molecule has 3 aliphatic rings. The van der Waals surface area contributed by atoms with Crippen LogP contribution in [-0.4, -0.2) is 29.7 Å². The molecule has 1 spiro atoms. The lowest BCUT2D eigenvalue weighted by Gasteiger charge is -2.50. The normalized spacial score (nSPS) is 28.9. The van der Waals surface area contributed by atoms with Crippen molar-refractivity contribution in [1.82, 2.24) is 4.90 Å². The van der Waals surface area contributed by atoms with E-state index in [0.29, 0.717) is 6.04 Å². The van der Waals surface area contributed by atoms with Gasteiger partial charge in [0.1, 0.15) is 0 Å². The van der Waals surface area contributed by atoms with Gasteiger partial charge in [0.05, 0.1) is 5.60 Å². The van der Waals surface area contributed by atoms with Crippen LogP contribution in [0.15, 0.2) is 18.2 Å². The predicted octanol–water partition coefficient (Wildman–Crippen LogP) is 2.73. The van der Waals surface area contributed by atoms with Crippen molar-refractivity contribution in [2.45, 2.75) is 56.7 Å². The van der Waals surface area contributed by atoms with Gasteiger partial charge in [0, 0.05) is 31.4 Å². The zero-order valence-electron chi connectivity index (χ0n) is 12.1. The number of benzene rings is 1. The topological polar surface area (TPSA) is 38.5 Å². The maximum Gasteiger partial charge on any atom is 0.0697 e. The van der Waals surface area contributed by atoms with Crippen molar-refractivity contribution in [3.63, 3.8) is 0 Å². The van der Waals surface area contributed by atoms with Gasteiger partial charge >= 0.3 is 0 Å². The van der Waals surface area contributed by atoms with Gasteiger partial charge in [-0.1, -0.05) is 12.1 Å². The third kappa shape index (κ3) is 2.04. The summed E-state index contributed by atoms with van der Waals surface area (Å²) < 4.78 is 6.06. The molecule has 3 heteroatoms. The summed E-state index contributed by atoms with van der Waals surface area (Å²) in [6, 6.07) is 7.08. The van der Waals surface area contributed by atoms with Crippen molar-refractivity contribution in [3.05, 3.63) is 29.3 Å². The molecule has 108 valence electrons. The fraction of sp³-hybridized carbons (Fsp3) is 0.647. The fourth-order valence-electron chi connectivity index (χ4n) is 4.21. The van der Waals surface area contributed by atoms with E-state index < -0.39 is 0 Å². The molecule has 4 rings (SSSR count). The Morgan fingerprint density at radius 2 is 2.20 bits per heavy atom. The zero-order valence-corrected chi connectivity index (χ0v) is 12.1. The van der Waals surface area contributed by atoms with Crippen LogP contribution in [-0.2, 0) is 17.7 Å². The van der Waals surface area contributed by atoms with Crippen LogP contribution in [0.5, 0.6) is 0 Å². The van der Waals surface area contributed by atoms with E-state index >= 15 is 0 Å². The molecular formula is C17H24N2O. The molecule has 1 saturated heterocycles. The van der Waals surface area contributed by atoms with Crippen LogP contribution in [0, 0.1) is 0 Å². The molecule has 1 aromatic rings. The third-order valence-electron chi connectivity index (χ3n) is 5.58. The molecule has 2 heterocycles. The number of hydrogen-bond donors (Lipinski definition) is 1. The van der Waals surface area contributed by atoms with Crippen molar-refractivity contribution in [2.24, 2.45) is 0 Å². The monoisotopic (exact) mass is 272 g/mol. The van der Waals surface area contributed by atoms with Crippen molar-refractivity contribution in [2.75, 3.05) is 18.9 Å². The molecule has 2 fully saturated rings. The van der Waals surface area contributed by atoms with E-state index in [1.165, 1.54) is 43.2 Å². The summed E-state index contributed by atoms with van der Waals surface area (Å²) in [7, 11) is 0. The molecule has 2 aliphatic heterocycles. The largest absolute Gasteiger partial charge is 0.398 e. The van der Waals surface area contributed by atoms with Crippen LogP contribution >= 0.6 is 0 Å². The molecule has 2 N–H and O–H groups in total. The fourth-order valence-corrected chi connectivity index (χ4v) is 4.21. The minimum Gasteiger partial charge on any atom is -0.398 e. The Balaban J connectivity index is 1.50. The van der Waals surface area contributed by atoms with Crippen LogP contribution in [0.4, 0.5) is 5.69 Å². The van der Waals surface area contributed by atoms with Crippen LogP contribution < -0.4 is 5.73 Å². The van der Waals surface area contributed by atoms with Gasteiger partial charge in [0.25, 0.3) is 0 Å². The number of rotatable bonds is 1. The molecule has 1 atom stereocenters. The SMILES string of the molecule is Nc1cccc2c1CCN(C1CCOC3(CCC3)C1)C2. The summed E-state index contributed by atoms with van der Waals surface area (Å²) in [5.74, 6) is 0. The number of nitrogens with zero attached hydrogens (tertiary/aromatic N) is 1. The molecule has 20 heavy (non-hydrogen) atoms. The first-order valence-electron chi connectivity index (χ1n) is 8.00. The van der Waals surface area contributed by atoms with E-state index in [1.807, 2.05) is 6.07 Å². The molecule has 1 saturated carbocycles. The molecule has 0 aromatic heterocycles. The van der Waals surface area contributed by atoms with E-state index in [2.05, 4.69) is 17.0 Å². The van der Waals surface area contributed by atoms with E-state index in [0.717, 1.165) is 31.8 Å². The Bertz CT molecular complexity index is 510. The van der Waals surface area contributed by atoms with Crippen molar-refractivity contribution in [1.29, 1.82) is 0 Å². The highest BCUT2D eigenvalue weighted by atomic mass is 16.5. The minimum absolute atomic E-state index is 0.249. The lowest BCUT2D eigenvalue weighted by atomic mass is 9.73. The standard InChI is InChI=1S/C17H24N2O/c18-16-4-1-3-13-12-19(9-5-15(13)16)14-6-10-20-17(11-14)7-2-8-17/h1,3-4,14H,2,5-12,18H2.